The van der Waals surface area contributed by atoms with E-state index in [4.69, 9.17) is 9.72 Å². The number of carbonyl (C=O) groups excluding carboxylic acids is 1. The highest BCUT2D eigenvalue weighted by Gasteiger charge is 2.30. The van der Waals surface area contributed by atoms with E-state index in [9.17, 15) is 4.79 Å². The van der Waals surface area contributed by atoms with Crippen LogP contribution in [0.25, 0.3) is 10.6 Å². The quantitative estimate of drug-likeness (QED) is 0.483. The standard InChI is InChI=1S/C20H19BrN2O2S2/c21-18-10-9-17(27-18)15-13-26-20(22-15)16-8-4-5-11-23(16)19(24)12-25-14-6-2-1-3-7-14/h1-3,6-7,9-10,13,16H,4-5,8,11-12H2. The Hall–Kier alpha value is -1.70. The van der Waals surface area contributed by atoms with E-state index in [0.29, 0.717) is 0 Å². The Bertz CT molecular complexity index is 910. The molecular formula is C20H19BrN2O2S2. The smallest absolute Gasteiger partial charge is 0.261 e. The summed E-state index contributed by atoms with van der Waals surface area (Å²) < 4.78 is 6.77. The number of nitrogens with zero attached hydrogens (tertiary/aromatic N) is 2. The van der Waals surface area contributed by atoms with Crippen LogP contribution in [0.3, 0.4) is 0 Å². The Morgan fingerprint density at radius 3 is 2.85 bits per heavy atom. The number of halogens is 1. The van der Waals surface area contributed by atoms with Gasteiger partial charge in [0.1, 0.15) is 10.8 Å². The molecule has 0 radical (unpaired) electrons. The molecule has 1 amide bonds. The minimum atomic E-state index is 0.0270. The Morgan fingerprint density at radius 2 is 2.07 bits per heavy atom. The van der Waals surface area contributed by atoms with Gasteiger partial charge in [-0.1, -0.05) is 18.2 Å². The summed E-state index contributed by atoms with van der Waals surface area (Å²) in [6.07, 6.45) is 3.11. The molecule has 0 spiro atoms. The number of piperidine rings is 1. The van der Waals surface area contributed by atoms with E-state index in [-0.39, 0.29) is 18.6 Å². The third kappa shape index (κ3) is 4.42. The van der Waals surface area contributed by atoms with E-state index in [2.05, 4.69) is 27.4 Å². The predicted octanol–water partition coefficient (Wildman–Crippen LogP) is 5.77. The molecule has 27 heavy (non-hydrogen) atoms. The Morgan fingerprint density at radius 1 is 1.22 bits per heavy atom. The molecule has 7 heteroatoms. The van der Waals surface area contributed by atoms with Crippen LogP contribution in [-0.2, 0) is 4.79 Å². The number of carbonyl (C=O) groups is 1. The number of hydrogen-bond acceptors (Lipinski definition) is 5. The molecule has 1 aromatic carbocycles. The third-order valence-electron chi connectivity index (χ3n) is 4.56. The molecule has 140 valence electrons. The van der Waals surface area contributed by atoms with Gasteiger partial charge in [0.25, 0.3) is 5.91 Å². The number of para-hydroxylation sites is 1. The summed E-state index contributed by atoms with van der Waals surface area (Å²) in [6, 6.07) is 13.6. The lowest BCUT2D eigenvalue weighted by Gasteiger charge is -2.34. The average molecular weight is 463 g/mol. The first kappa shape index (κ1) is 18.7. The molecule has 1 saturated heterocycles. The van der Waals surface area contributed by atoms with Crippen LogP contribution in [-0.4, -0.2) is 28.9 Å². The van der Waals surface area contributed by atoms with Crippen LogP contribution in [0.2, 0.25) is 0 Å². The van der Waals surface area contributed by atoms with Gasteiger partial charge in [-0.25, -0.2) is 4.98 Å². The number of aromatic nitrogens is 1. The van der Waals surface area contributed by atoms with Crippen LogP contribution in [0.4, 0.5) is 0 Å². The largest absolute Gasteiger partial charge is 0.484 e. The second-order valence-corrected chi connectivity index (χ2v) is 9.73. The molecule has 4 nitrogen and oxygen atoms in total. The minimum absolute atomic E-state index is 0.0270. The first-order chi connectivity index (χ1) is 13.2. The normalized spacial score (nSPS) is 17.1. The Balaban J connectivity index is 1.47. The van der Waals surface area contributed by atoms with Crippen LogP contribution >= 0.6 is 38.6 Å². The summed E-state index contributed by atoms with van der Waals surface area (Å²) in [5, 5.41) is 3.10. The third-order valence-corrected chi connectivity index (χ3v) is 7.15. The lowest BCUT2D eigenvalue weighted by Crippen LogP contribution is -2.41. The van der Waals surface area contributed by atoms with Gasteiger partial charge in [0, 0.05) is 11.9 Å². The maximum Gasteiger partial charge on any atom is 0.261 e. The van der Waals surface area contributed by atoms with Crippen molar-refractivity contribution >= 4 is 44.5 Å². The maximum atomic E-state index is 12.8. The van der Waals surface area contributed by atoms with Crippen molar-refractivity contribution in [1.82, 2.24) is 9.88 Å². The van der Waals surface area contributed by atoms with Crippen molar-refractivity contribution in [1.29, 1.82) is 0 Å². The molecule has 3 heterocycles. The summed E-state index contributed by atoms with van der Waals surface area (Å²) in [5.74, 6) is 0.749. The fraction of sp³-hybridized carbons (Fsp3) is 0.300. The molecule has 4 rings (SSSR count). The Kier molecular flexibility index (Phi) is 5.90. The van der Waals surface area contributed by atoms with E-state index < -0.39 is 0 Å². The molecule has 2 aromatic heterocycles. The average Bonchev–Trinajstić information content (AvgIpc) is 3.36. The highest BCUT2D eigenvalue weighted by molar-refractivity contribution is 9.11. The summed E-state index contributed by atoms with van der Waals surface area (Å²) in [6.45, 7) is 0.831. The molecule has 0 saturated carbocycles. The summed E-state index contributed by atoms with van der Waals surface area (Å²) in [4.78, 5) is 20.7. The van der Waals surface area contributed by atoms with Gasteiger partial charge >= 0.3 is 0 Å². The summed E-state index contributed by atoms with van der Waals surface area (Å²) >= 11 is 6.82. The number of thiophene rings is 1. The van der Waals surface area contributed by atoms with Crippen LogP contribution in [0.1, 0.15) is 30.3 Å². The van der Waals surface area contributed by atoms with Crippen LogP contribution in [0.15, 0.2) is 51.6 Å². The molecule has 1 fully saturated rings. The second-order valence-electron chi connectivity index (χ2n) is 6.38. The van der Waals surface area contributed by atoms with Crippen molar-refractivity contribution in [2.75, 3.05) is 13.2 Å². The van der Waals surface area contributed by atoms with Crippen molar-refractivity contribution in [2.24, 2.45) is 0 Å². The zero-order chi connectivity index (χ0) is 18.6. The highest BCUT2D eigenvalue weighted by atomic mass is 79.9. The van der Waals surface area contributed by atoms with Gasteiger partial charge < -0.3 is 9.64 Å². The molecule has 1 aliphatic heterocycles. The fourth-order valence-electron chi connectivity index (χ4n) is 3.24. The summed E-state index contributed by atoms with van der Waals surface area (Å²) in [7, 11) is 0. The van der Waals surface area contributed by atoms with Gasteiger partial charge in [-0.3, -0.25) is 4.79 Å². The van der Waals surface area contributed by atoms with Crippen molar-refractivity contribution in [3.63, 3.8) is 0 Å². The monoisotopic (exact) mass is 462 g/mol. The molecule has 1 aliphatic rings. The van der Waals surface area contributed by atoms with E-state index in [1.165, 1.54) is 0 Å². The summed E-state index contributed by atoms with van der Waals surface area (Å²) in [5.41, 5.74) is 0.990. The van der Waals surface area contributed by atoms with Crippen molar-refractivity contribution < 1.29 is 9.53 Å². The zero-order valence-electron chi connectivity index (χ0n) is 14.6. The van der Waals surface area contributed by atoms with E-state index >= 15 is 0 Å². The lowest BCUT2D eigenvalue weighted by molar-refractivity contribution is -0.137. The predicted molar refractivity (Wildman–Crippen MR) is 113 cm³/mol. The van der Waals surface area contributed by atoms with Gasteiger partial charge in [-0.15, -0.1) is 22.7 Å². The van der Waals surface area contributed by atoms with Gasteiger partial charge in [0.15, 0.2) is 6.61 Å². The first-order valence-corrected chi connectivity index (χ1v) is 11.4. The number of ether oxygens (including phenoxy) is 1. The van der Waals surface area contributed by atoms with E-state index in [1.807, 2.05) is 41.3 Å². The molecule has 0 N–H and O–H groups in total. The zero-order valence-corrected chi connectivity index (χ0v) is 17.9. The molecule has 0 aliphatic carbocycles. The fourth-order valence-corrected chi connectivity index (χ4v) is 5.62. The SMILES string of the molecule is O=C(COc1ccccc1)N1CCCCC1c1nc(-c2ccc(Br)s2)cs1. The van der Waals surface area contributed by atoms with Gasteiger partial charge in [-0.05, 0) is 59.5 Å². The number of likely N-dealkylation sites (tertiary alicyclic amines) is 1. The van der Waals surface area contributed by atoms with E-state index in [0.717, 1.165) is 50.9 Å². The first-order valence-electron chi connectivity index (χ1n) is 8.89. The van der Waals surface area contributed by atoms with Gasteiger partial charge in [-0.2, -0.15) is 0 Å². The second kappa shape index (κ2) is 8.54. The molecule has 3 aromatic rings. The Labute approximate surface area is 174 Å². The number of benzene rings is 1. The molecule has 1 atom stereocenters. The number of amides is 1. The van der Waals surface area contributed by atoms with Gasteiger partial charge in [0.05, 0.1) is 20.4 Å². The number of rotatable bonds is 5. The number of thiazole rings is 1. The highest BCUT2D eigenvalue weighted by Crippen LogP contribution is 2.37. The lowest BCUT2D eigenvalue weighted by atomic mass is 10.0. The van der Waals surface area contributed by atoms with Crippen LogP contribution in [0.5, 0.6) is 5.75 Å². The van der Waals surface area contributed by atoms with Crippen molar-refractivity contribution in [3.8, 4) is 16.3 Å². The van der Waals surface area contributed by atoms with Crippen molar-refractivity contribution in [3.05, 3.63) is 56.6 Å². The van der Waals surface area contributed by atoms with Crippen LogP contribution in [0, 0.1) is 0 Å². The maximum absolute atomic E-state index is 12.8. The van der Waals surface area contributed by atoms with E-state index in [1.54, 1.807) is 22.7 Å². The molecule has 0 bridgehead atoms. The van der Waals surface area contributed by atoms with Gasteiger partial charge in [0.2, 0.25) is 0 Å². The van der Waals surface area contributed by atoms with Crippen molar-refractivity contribution in [2.45, 2.75) is 25.3 Å². The van der Waals surface area contributed by atoms with Crippen LogP contribution < -0.4 is 4.74 Å². The molecular weight excluding hydrogens is 444 g/mol. The number of hydrogen-bond donors (Lipinski definition) is 0. The minimum Gasteiger partial charge on any atom is -0.484 e. The molecule has 1 unspecified atom stereocenters. The topological polar surface area (TPSA) is 42.4 Å².